The van der Waals surface area contributed by atoms with E-state index in [4.69, 9.17) is 9.47 Å². The fourth-order valence-corrected chi connectivity index (χ4v) is 3.09. The number of halogens is 2. The molecular formula is C22H22F2N2O3. The summed E-state index contributed by atoms with van der Waals surface area (Å²) in [5.74, 6) is -1.15. The fourth-order valence-electron chi connectivity index (χ4n) is 3.09. The summed E-state index contributed by atoms with van der Waals surface area (Å²) in [6.45, 7) is 4.45. The van der Waals surface area contributed by atoms with Crippen LogP contribution in [0.4, 0.5) is 8.78 Å². The van der Waals surface area contributed by atoms with Gasteiger partial charge in [-0.25, -0.2) is 8.78 Å². The standard InChI is InChI=1S/C22H22F2N2O3/c1-3-11-29-21-9-5-8-19-15(21)13-20(22(27)25-10-12-28-2)26(19)14-16-17(23)6-4-7-18(16)24/h3-9,13H,1,10-12,14H2,2H3,(H,25,27). The Kier molecular flexibility index (Phi) is 6.61. The van der Waals surface area contributed by atoms with Gasteiger partial charge in [-0.1, -0.05) is 24.8 Å². The monoisotopic (exact) mass is 400 g/mol. The molecule has 0 saturated carbocycles. The first-order valence-corrected chi connectivity index (χ1v) is 9.12. The van der Waals surface area contributed by atoms with Crippen LogP contribution in [0.25, 0.3) is 10.9 Å². The largest absolute Gasteiger partial charge is 0.489 e. The number of rotatable bonds is 9. The van der Waals surface area contributed by atoms with Crippen LogP contribution in [-0.4, -0.2) is 37.3 Å². The average Bonchev–Trinajstić information content (AvgIpc) is 3.08. The Morgan fingerprint density at radius 1 is 1.21 bits per heavy atom. The van der Waals surface area contributed by atoms with Crippen LogP contribution < -0.4 is 10.1 Å². The zero-order valence-corrected chi connectivity index (χ0v) is 16.1. The van der Waals surface area contributed by atoms with Gasteiger partial charge in [-0.3, -0.25) is 4.79 Å². The number of methoxy groups -OCH3 is 1. The second-order valence-corrected chi connectivity index (χ2v) is 6.35. The van der Waals surface area contributed by atoms with Crippen molar-refractivity contribution in [3.8, 4) is 5.75 Å². The molecule has 0 unspecified atom stereocenters. The molecule has 1 N–H and O–H groups in total. The topological polar surface area (TPSA) is 52.5 Å². The van der Waals surface area contributed by atoms with Gasteiger partial charge in [-0.05, 0) is 30.3 Å². The highest BCUT2D eigenvalue weighted by atomic mass is 19.1. The first-order valence-electron chi connectivity index (χ1n) is 9.12. The Labute approximate surface area is 167 Å². The minimum absolute atomic E-state index is 0.117. The number of benzene rings is 2. The summed E-state index contributed by atoms with van der Waals surface area (Å²) in [6, 6.07) is 10.7. The fraction of sp³-hybridized carbons (Fsp3) is 0.227. The summed E-state index contributed by atoms with van der Waals surface area (Å²) in [4.78, 5) is 12.8. The Morgan fingerprint density at radius 2 is 1.93 bits per heavy atom. The maximum Gasteiger partial charge on any atom is 0.268 e. The lowest BCUT2D eigenvalue weighted by Gasteiger charge is -2.13. The van der Waals surface area contributed by atoms with E-state index in [2.05, 4.69) is 11.9 Å². The van der Waals surface area contributed by atoms with E-state index >= 15 is 0 Å². The lowest BCUT2D eigenvalue weighted by atomic mass is 10.2. The lowest BCUT2D eigenvalue weighted by molar-refractivity contribution is 0.0928. The van der Waals surface area contributed by atoms with Crippen LogP contribution in [0.1, 0.15) is 16.1 Å². The minimum atomic E-state index is -0.670. The molecular weight excluding hydrogens is 378 g/mol. The Hall–Kier alpha value is -3.19. The zero-order chi connectivity index (χ0) is 20.8. The van der Waals surface area contributed by atoms with Crippen LogP contribution in [0.15, 0.2) is 55.1 Å². The van der Waals surface area contributed by atoms with Gasteiger partial charge in [-0.2, -0.15) is 0 Å². The molecule has 0 spiro atoms. The molecule has 1 aromatic heterocycles. The van der Waals surface area contributed by atoms with E-state index in [0.29, 0.717) is 36.4 Å². The molecule has 7 heteroatoms. The van der Waals surface area contributed by atoms with Crippen molar-refractivity contribution in [2.45, 2.75) is 6.54 Å². The molecule has 0 aliphatic carbocycles. The smallest absolute Gasteiger partial charge is 0.268 e. The highest BCUT2D eigenvalue weighted by Crippen LogP contribution is 2.30. The van der Waals surface area contributed by atoms with Crippen LogP contribution in [-0.2, 0) is 11.3 Å². The molecule has 0 fully saturated rings. The van der Waals surface area contributed by atoms with Crippen molar-refractivity contribution < 1.29 is 23.0 Å². The van der Waals surface area contributed by atoms with Crippen LogP contribution in [0.5, 0.6) is 5.75 Å². The second kappa shape index (κ2) is 9.34. The van der Waals surface area contributed by atoms with E-state index in [9.17, 15) is 13.6 Å². The van der Waals surface area contributed by atoms with Crippen molar-refractivity contribution in [2.24, 2.45) is 0 Å². The number of nitrogens with one attached hydrogen (secondary N) is 1. The van der Waals surface area contributed by atoms with Crippen molar-refractivity contribution in [1.82, 2.24) is 9.88 Å². The number of hydrogen-bond acceptors (Lipinski definition) is 3. The molecule has 0 atom stereocenters. The van der Waals surface area contributed by atoms with Crippen LogP contribution in [0, 0.1) is 11.6 Å². The molecule has 1 heterocycles. The second-order valence-electron chi connectivity index (χ2n) is 6.35. The van der Waals surface area contributed by atoms with Gasteiger partial charge in [-0.15, -0.1) is 0 Å². The van der Waals surface area contributed by atoms with Crippen LogP contribution in [0.2, 0.25) is 0 Å². The van der Waals surface area contributed by atoms with Crippen molar-refractivity contribution in [3.63, 3.8) is 0 Å². The molecule has 2 aromatic carbocycles. The van der Waals surface area contributed by atoms with Crippen molar-refractivity contribution in [2.75, 3.05) is 26.9 Å². The van der Waals surface area contributed by atoms with Gasteiger partial charge in [0.15, 0.2) is 0 Å². The Balaban J connectivity index is 2.10. The maximum atomic E-state index is 14.3. The number of amides is 1. The number of carbonyl (C=O) groups is 1. The van der Waals surface area contributed by atoms with Gasteiger partial charge in [0.25, 0.3) is 5.91 Å². The van der Waals surface area contributed by atoms with Crippen molar-refractivity contribution in [3.05, 3.63) is 78.0 Å². The predicted molar refractivity (Wildman–Crippen MR) is 107 cm³/mol. The molecule has 3 aromatic rings. The Bertz CT molecular complexity index is 1010. The molecule has 0 aliphatic rings. The summed E-state index contributed by atoms with van der Waals surface area (Å²) in [6.07, 6.45) is 1.61. The van der Waals surface area contributed by atoms with Gasteiger partial charge in [0.2, 0.25) is 0 Å². The molecule has 5 nitrogen and oxygen atoms in total. The van der Waals surface area contributed by atoms with E-state index in [1.165, 1.54) is 25.3 Å². The highest BCUT2D eigenvalue weighted by Gasteiger charge is 2.20. The summed E-state index contributed by atoms with van der Waals surface area (Å²) in [7, 11) is 1.54. The summed E-state index contributed by atoms with van der Waals surface area (Å²) < 4.78 is 40.7. The van der Waals surface area contributed by atoms with Crippen LogP contribution >= 0.6 is 0 Å². The first-order chi connectivity index (χ1) is 14.1. The number of carbonyl (C=O) groups excluding carboxylic acids is 1. The molecule has 29 heavy (non-hydrogen) atoms. The number of ether oxygens (including phenoxy) is 2. The molecule has 0 aliphatic heterocycles. The quantitative estimate of drug-likeness (QED) is 0.438. The highest BCUT2D eigenvalue weighted by molar-refractivity contribution is 6.00. The third-order valence-electron chi connectivity index (χ3n) is 4.46. The van der Waals surface area contributed by atoms with E-state index in [1.54, 1.807) is 34.9 Å². The lowest BCUT2D eigenvalue weighted by Crippen LogP contribution is -2.29. The molecule has 0 saturated heterocycles. The van der Waals surface area contributed by atoms with Gasteiger partial charge < -0.3 is 19.4 Å². The molecule has 1 amide bonds. The van der Waals surface area contributed by atoms with Crippen LogP contribution in [0.3, 0.4) is 0 Å². The normalized spacial score (nSPS) is 10.9. The van der Waals surface area contributed by atoms with E-state index in [0.717, 1.165) is 0 Å². The summed E-state index contributed by atoms with van der Waals surface area (Å²) >= 11 is 0. The Morgan fingerprint density at radius 3 is 2.62 bits per heavy atom. The maximum absolute atomic E-state index is 14.3. The average molecular weight is 400 g/mol. The zero-order valence-electron chi connectivity index (χ0n) is 16.1. The molecule has 0 radical (unpaired) electrons. The number of hydrogen-bond donors (Lipinski definition) is 1. The number of fused-ring (bicyclic) bond motifs is 1. The van der Waals surface area contributed by atoms with E-state index in [1.807, 2.05) is 0 Å². The van der Waals surface area contributed by atoms with E-state index < -0.39 is 11.6 Å². The molecule has 3 rings (SSSR count). The van der Waals surface area contributed by atoms with E-state index in [-0.39, 0.29) is 23.7 Å². The van der Waals surface area contributed by atoms with Gasteiger partial charge in [0, 0.05) is 24.6 Å². The first kappa shape index (κ1) is 20.5. The van der Waals surface area contributed by atoms with Gasteiger partial charge in [0.1, 0.15) is 29.7 Å². The third kappa shape index (κ3) is 4.46. The molecule has 152 valence electrons. The predicted octanol–water partition coefficient (Wildman–Crippen LogP) is 3.91. The third-order valence-corrected chi connectivity index (χ3v) is 4.46. The molecule has 0 bridgehead atoms. The van der Waals surface area contributed by atoms with Gasteiger partial charge in [0.05, 0.1) is 18.7 Å². The SMILES string of the molecule is C=CCOc1cccc2c1cc(C(=O)NCCOC)n2Cc1c(F)cccc1F. The number of nitrogens with zero attached hydrogens (tertiary/aromatic N) is 1. The number of aromatic nitrogens is 1. The minimum Gasteiger partial charge on any atom is -0.489 e. The van der Waals surface area contributed by atoms with Crippen molar-refractivity contribution in [1.29, 1.82) is 0 Å². The summed E-state index contributed by atoms with van der Waals surface area (Å²) in [5, 5.41) is 3.42. The van der Waals surface area contributed by atoms with Gasteiger partial charge >= 0.3 is 0 Å². The summed E-state index contributed by atoms with van der Waals surface area (Å²) in [5.41, 5.74) is 0.785. The van der Waals surface area contributed by atoms with Crippen molar-refractivity contribution >= 4 is 16.8 Å².